The van der Waals surface area contributed by atoms with Gasteiger partial charge in [0.2, 0.25) is 5.91 Å². The first-order valence-corrected chi connectivity index (χ1v) is 6.78. The Labute approximate surface area is 115 Å². The first kappa shape index (κ1) is 15.9. The van der Waals surface area contributed by atoms with Crippen molar-refractivity contribution in [3.8, 4) is 0 Å². The Morgan fingerprint density at radius 1 is 1.32 bits per heavy atom. The molecule has 1 fully saturated rings. The molecule has 1 atom stereocenters. The highest BCUT2D eigenvalue weighted by Crippen LogP contribution is 2.15. The molecule has 0 aromatic heterocycles. The molecular formula is C13H25N3O3. The molecule has 0 aromatic carbocycles. The molecule has 0 saturated carbocycles. The molecule has 0 unspecified atom stereocenters. The quantitative estimate of drug-likeness (QED) is 0.703. The lowest BCUT2D eigenvalue weighted by atomic mass is 10.2. The third-order valence-corrected chi connectivity index (χ3v) is 3.52. The van der Waals surface area contributed by atoms with Crippen molar-refractivity contribution in [3.63, 3.8) is 0 Å². The van der Waals surface area contributed by atoms with Gasteiger partial charge in [-0.25, -0.2) is 0 Å². The van der Waals surface area contributed by atoms with E-state index in [2.05, 4.69) is 11.8 Å². The Bertz CT molecular complexity index is 320. The molecule has 1 rings (SSSR count). The second kappa shape index (κ2) is 7.45. The monoisotopic (exact) mass is 271 g/mol. The summed E-state index contributed by atoms with van der Waals surface area (Å²) >= 11 is 0. The minimum absolute atomic E-state index is 0.0852. The number of rotatable bonds is 7. The van der Waals surface area contributed by atoms with E-state index < -0.39 is 5.97 Å². The van der Waals surface area contributed by atoms with Crippen LogP contribution in [0.2, 0.25) is 0 Å². The topological polar surface area (TPSA) is 64.1 Å². The lowest BCUT2D eigenvalue weighted by molar-refractivity contribution is -0.145. The Hall–Kier alpha value is -1.14. The van der Waals surface area contributed by atoms with Crippen molar-refractivity contribution in [2.75, 3.05) is 46.8 Å². The molecule has 1 aliphatic heterocycles. The van der Waals surface area contributed by atoms with Crippen molar-refractivity contribution in [1.29, 1.82) is 0 Å². The second-order valence-corrected chi connectivity index (χ2v) is 5.47. The van der Waals surface area contributed by atoms with Crippen LogP contribution < -0.4 is 0 Å². The number of amides is 1. The maximum atomic E-state index is 12.2. The Balaban J connectivity index is 2.52. The van der Waals surface area contributed by atoms with Crippen molar-refractivity contribution in [2.45, 2.75) is 25.8 Å². The van der Waals surface area contributed by atoms with Gasteiger partial charge < -0.3 is 14.9 Å². The Morgan fingerprint density at radius 3 is 2.47 bits per heavy atom. The lowest BCUT2D eigenvalue weighted by Crippen LogP contribution is -2.45. The van der Waals surface area contributed by atoms with Crippen LogP contribution in [0.15, 0.2) is 0 Å². The van der Waals surface area contributed by atoms with Gasteiger partial charge in [0, 0.05) is 19.1 Å². The molecule has 1 saturated heterocycles. The summed E-state index contributed by atoms with van der Waals surface area (Å²) in [5, 5.41) is 8.89. The van der Waals surface area contributed by atoms with Crippen LogP contribution in [0.5, 0.6) is 0 Å². The van der Waals surface area contributed by atoms with Gasteiger partial charge in [-0.3, -0.25) is 14.5 Å². The number of likely N-dealkylation sites (tertiary alicyclic amines) is 1. The van der Waals surface area contributed by atoms with Gasteiger partial charge in [-0.05, 0) is 40.4 Å². The average molecular weight is 271 g/mol. The second-order valence-electron chi connectivity index (χ2n) is 5.47. The predicted molar refractivity (Wildman–Crippen MR) is 73.0 cm³/mol. The molecule has 0 aromatic rings. The smallest absolute Gasteiger partial charge is 0.323 e. The van der Waals surface area contributed by atoms with E-state index in [4.69, 9.17) is 5.11 Å². The summed E-state index contributed by atoms with van der Waals surface area (Å²) in [5.74, 6) is -1.04. The number of carbonyl (C=O) groups excluding carboxylic acids is 1. The zero-order chi connectivity index (χ0) is 14.4. The highest BCUT2D eigenvalue weighted by Gasteiger charge is 2.25. The van der Waals surface area contributed by atoms with Gasteiger partial charge in [0.1, 0.15) is 6.54 Å². The van der Waals surface area contributed by atoms with Gasteiger partial charge in [-0.2, -0.15) is 0 Å². The van der Waals surface area contributed by atoms with Gasteiger partial charge >= 0.3 is 5.97 Å². The standard InChI is InChI=1S/C13H25N3O3/c1-11-5-4-6-15(11)9-12(17)16(10-13(18)19)8-7-14(2)3/h11H,4-10H2,1-3H3,(H,18,19)/t11-/m0/s1. The van der Waals surface area contributed by atoms with E-state index >= 15 is 0 Å². The summed E-state index contributed by atoms with van der Waals surface area (Å²) in [5.41, 5.74) is 0. The summed E-state index contributed by atoms with van der Waals surface area (Å²) in [6.45, 7) is 4.30. The number of carbonyl (C=O) groups is 2. The van der Waals surface area contributed by atoms with Crippen LogP contribution in [-0.2, 0) is 9.59 Å². The van der Waals surface area contributed by atoms with E-state index in [0.717, 1.165) is 19.4 Å². The van der Waals surface area contributed by atoms with E-state index in [0.29, 0.717) is 25.7 Å². The van der Waals surface area contributed by atoms with Crippen LogP contribution in [0.3, 0.4) is 0 Å². The minimum atomic E-state index is -0.957. The molecule has 1 N–H and O–H groups in total. The van der Waals surface area contributed by atoms with Crippen LogP contribution in [0.1, 0.15) is 19.8 Å². The van der Waals surface area contributed by atoms with E-state index in [9.17, 15) is 9.59 Å². The van der Waals surface area contributed by atoms with Crippen LogP contribution in [-0.4, -0.2) is 84.5 Å². The first-order chi connectivity index (χ1) is 8.90. The highest BCUT2D eigenvalue weighted by molar-refractivity contribution is 5.82. The zero-order valence-corrected chi connectivity index (χ0v) is 12.1. The van der Waals surface area contributed by atoms with E-state index in [1.165, 1.54) is 4.90 Å². The van der Waals surface area contributed by atoms with E-state index in [1.54, 1.807) is 0 Å². The Kier molecular flexibility index (Phi) is 6.24. The molecule has 110 valence electrons. The SMILES string of the molecule is C[C@H]1CCCN1CC(=O)N(CCN(C)C)CC(=O)O. The van der Waals surface area contributed by atoms with Crippen LogP contribution in [0.4, 0.5) is 0 Å². The number of likely N-dealkylation sites (N-methyl/N-ethyl adjacent to an activating group) is 1. The number of nitrogens with zero attached hydrogens (tertiary/aromatic N) is 3. The molecule has 0 radical (unpaired) electrons. The molecule has 0 spiro atoms. The first-order valence-electron chi connectivity index (χ1n) is 6.78. The number of hydrogen-bond acceptors (Lipinski definition) is 4. The van der Waals surface area contributed by atoms with Crippen molar-refractivity contribution >= 4 is 11.9 Å². The fourth-order valence-electron chi connectivity index (χ4n) is 2.28. The molecule has 1 aliphatic rings. The summed E-state index contributed by atoms with van der Waals surface area (Å²) in [6.07, 6.45) is 2.23. The molecule has 19 heavy (non-hydrogen) atoms. The molecule has 1 amide bonds. The number of carboxylic acids is 1. The molecule has 6 heteroatoms. The van der Waals surface area contributed by atoms with Gasteiger partial charge in [-0.1, -0.05) is 0 Å². The van der Waals surface area contributed by atoms with Crippen molar-refractivity contribution in [3.05, 3.63) is 0 Å². The number of aliphatic carboxylic acids is 1. The summed E-state index contributed by atoms with van der Waals surface area (Å²) < 4.78 is 0. The average Bonchev–Trinajstić information content (AvgIpc) is 2.69. The van der Waals surface area contributed by atoms with Crippen molar-refractivity contribution < 1.29 is 14.7 Å². The van der Waals surface area contributed by atoms with Crippen LogP contribution >= 0.6 is 0 Å². The molecule has 0 aliphatic carbocycles. The molecule has 0 bridgehead atoms. The maximum Gasteiger partial charge on any atom is 0.323 e. The minimum Gasteiger partial charge on any atom is -0.480 e. The van der Waals surface area contributed by atoms with Crippen molar-refractivity contribution in [2.24, 2.45) is 0 Å². The van der Waals surface area contributed by atoms with Gasteiger partial charge in [0.05, 0.1) is 6.54 Å². The molecule has 6 nitrogen and oxygen atoms in total. The van der Waals surface area contributed by atoms with Gasteiger partial charge in [0.15, 0.2) is 0 Å². The maximum absolute atomic E-state index is 12.2. The van der Waals surface area contributed by atoms with Crippen LogP contribution in [0.25, 0.3) is 0 Å². The lowest BCUT2D eigenvalue weighted by Gasteiger charge is -2.27. The summed E-state index contributed by atoms with van der Waals surface area (Å²) in [4.78, 5) is 28.5. The van der Waals surface area contributed by atoms with E-state index in [-0.39, 0.29) is 12.5 Å². The summed E-state index contributed by atoms with van der Waals surface area (Å²) in [7, 11) is 3.82. The fraction of sp³-hybridized carbons (Fsp3) is 0.846. The predicted octanol–water partition coefficient (Wildman–Crippen LogP) is -0.0545. The van der Waals surface area contributed by atoms with Gasteiger partial charge in [-0.15, -0.1) is 0 Å². The fourth-order valence-corrected chi connectivity index (χ4v) is 2.28. The van der Waals surface area contributed by atoms with Crippen LogP contribution in [0, 0.1) is 0 Å². The third kappa shape index (κ3) is 5.57. The number of carboxylic acid groups (broad SMARTS) is 1. The van der Waals surface area contributed by atoms with E-state index in [1.807, 2.05) is 19.0 Å². The van der Waals surface area contributed by atoms with Crippen molar-refractivity contribution in [1.82, 2.24) is 14.7 Å². The molecule has 1 heterocycles. The largest absolute Gasteiger partial charge is 0.480 e. The highest BCUT2D eigenvalue weighted by atomic mass is 16.4. The Morgan fingerprint density at radius 2 is 2.00 bits per heavy atom. The number of hydrogen-bond donors (Lipinski definition) is 1. The normalized spacial score (nSPS) is 19.9. The molecular weight excluding hydrogens is 246 g/mol. The zero-order valence-electron chi connectivity index (χ0n) is 12.1. The van der Waals surface area contributed by atoms with Gasteiger partial charge in [0.25, 0.3) is 0 Å². The summed E-state index contributed by atoms with van der Waals surface area (Å²) in [6, 6.07) is 0.421. The third-order valence-electron chi connectivity index (χ3n) is 3.52.